The summed E-state index contributed by atoms with van der Waals surface area (Å²) in [7, 11) is 0. The van der Waals surface area contributed by atoms with Crippen LogP contribution in [-0.2, 0) is 0 Å². The molecule has 0 aromatic carbocycles. The van der Waals surface area contributed by atoms with E-state index in [4.69, 9.17) is 0 Å². The number of halogens is 3. The monoisotopic (exact) mass is 441 g/mol. The SMILES string of the molecule is CCC1c2nncn2-c2cnc(-n3ccnc3-c3ccncc3)nc2N1CCC(F)(F)F. The largest absolute Gasteiger partial charge is 0.390 e. The van der Waals surface area contributed by atoms with Crippen LogP contribution >= 0.6 is 0 Å². The molecule has 5 rings (SSSR count). The minimum Gasteiger partial charge on any atom is -0.344 e. The van der Waals surface area contributed by atoms with Crippen LogP contribution in [-0.4, -0.2) is 52.0 Å². The Morgan fingerprint density at radius 2 is 1.88 bits per heavy atom. The lowest BCUT2D eigenvalue weighted by Gasteiger charge is -2.37. The number of hydrogen-bond acceptors (Lipinski definition) is 7. The lowest BCUT2D eigenvalue weighted by atomic mass is 10.1. The summed E-state index contributed by atoms with van der Waals surface area (Å²) in [6, 6.07) is 3.23. The highest BCUT2D eigenvalue weighted by Crippen LogP contribution is 2.39. The number of imidazole rings is 1. The summed E-state index contributed by atoms with van der Waals surface area (Å²) in [5.41, 5.74) is 1.35. The quantitative estimate of drug-likeness (QED) is 0.468. The first-order chi connectivity index (χ1) is 15.5. The van der Waals surface area contributed by atoms with Crippen LogP contribution in [0.15, 0.2) is 49.4 Å². The van der Waals surface area contributed by atoms with Gasteiger partial charge in [0, 0.05) is 36.9 Å². The van der Waals surface area contributed by atoms with E-state index in [2.05, 4.69) is 30.1 Å². The van der Waals surface area contributed by atoms with Gasteiger partial charge in [0.05, 0.1) is 18.7 Å². The van der Waals surface area contributed by atoms with Crippen LogP contribution in [0.2, 0.25) is 0 Å². The normalized spacial score (nSPS) is 15.5. The molecule has 1 atom stereocenters. The topological polar surface area (TPSA) is 90.4 Å². The van der Waals surface area contributed by atoms with Crippen LogP contribution in [0.3, 0.4) is 0 Å². The van der Waals surface area contributed by atoms with Crippen LogP contribution in [0, 0.1) is 0 Å². The number of fused-ring (bicyclic) bond motifs is 3. The molecule has 4 aromatic rings. The summed E-state index contributed by atoms with van der Waals surface area (Å²) in [6.45, 7) is 1.65. The van der Waals surface area contributed by atoms with Crippen molar-refractivity contribution in [3.05, 3.63) is 55.3 Å². The van der Waals surface area contributed by atoms with Crippen molar-refractivity contribution in [1.82, 2.24) is 39.3 Å². The van der Waals surface area contributed by atoms with Gasteiger partial charge in [-0.05, 0) is 18.6 Å². The van der Waals surface area contributed by atoms with E-state index in [0.29, 0.717) is 35.5 Å². The number of alkyl halides is 3. The van der Waals surface area contributed by atoms with Gasteiger partial charge in [-0.3, -0.25) is 14.1 Å². The van der Waals surface area contributed by atoms with Gasteiger partial charge >= 0.3 is 6.18 Å². The molecule has 1 aliphatic rings. The Morgan fingerprint density at radius 1 is 1.06 bits per heavy atom. The number of hydrogen-bond donors (Lipinski definition) is 0. The Kier molecular flexibility index (Phi) is 4.83. The molecule has 0 saturated heterocycles. The predicted octanol–water partition coefficient (Wildman–Crippen LogP) is 3.53. The standard InChI is InChI=1S/C20H18F3N9/c1-2-14-18-29-27-12-32(18)15-11-26-19(28-17(15)30(14)9-5-20(21,22)23)31-10-8-25-16(31)13-3-6-24-7-4-13/h3-4,6-8,10-12,14H,2,5,9H2,1H3. The molecule has 0 bridgehead atoms. The smallest absolute Gasteiger partial charge is 0.344 e. The zero-order valence-corrected chi connectivity index (χ0v) is 17.0. The molecule has 4 aromatic heterocycles. The fourth-order valence-corrected chi connectivity index (χ4v) is 3.89. The maximum atomic E-state index is 13.1. The summed E-state index contributed by atoms with van der Waals surface area (Å²) < 4.78 is 42.7. The second kappa shape index (κ2) is 7.70. The van der Waals surface area contributed by atoms with Crippen molar-refractivity contribution < 1.29 is 13.2 Å². The molecule has 5 heterocycles. The van der Waals surface area contributed by atoms with E-state index in [1.54, 1.807) is 45.0 Å². The van der Waals surface area contributed by atoms with E-state index in [0.717, 1.165) is 5.56 Å². The maximum absolute atomic E-state index is 13.1. The molecule has 0 radical (unpaired) electrons. The molecule has 1 unspecified atom stereocenters. The van der Waals surface area contributed by atoms with Crippen molar-refractivity contribution >= 4 is 5.82 Å². The maximum Gasteiger partial charge on any atom is 0.390 e. The number of anilines is 1. The van der Waals surface area contributed by atoms with E-state index >= 15 is 0 Å². The fourth-order valence-electron chi connectivity index (χ4n) is 3.89. The third-order valence-electron chi connectivity index (χ3n) is 5.33. The average molecular weight is 441 g/mol. The second-order valence-electron chi connectivity index (χ2n) is 7.28. The molecule has 0 fully saturated rings. The van der Waals surface area contributed by atoms with Gasteiger partial charge in [0.15, 0.2) is 11.6 Å². The molecule has 1 aliphatic heterocycles. The van der Waals surface area contributed by atoms with E-state index < -0.39 is 18.6 Å². The minimum absolute atomic E-state index is 0.251. The average Bonchev–Trinajstić information content (AvgIpc) is 3.47. The molecule has 32 heavy (non-hydrogen) atoms. The zero-order chi connectivity index (χ0) is 22.3. The first-order valence-electron chi connectivity index (χ1n) is 10.0. The van der Waals surface area contributed by atoms with Crippen LogP contribution in [0.4, 0.5) is 19.0 Å². The van der Waals surface area contributed by atoms with Crippen LogP contribution < -0.4 is 4.90 Å². The molecule has 0 spiro atoms. The summed E-state index contributed by atoms with van der Waals surface area (Å²) in [5.74, 6) is 1.87. The van der Waals surface area contributed by atoms with E-state index in [-0.39, 0.29) is 6.54 Å². The Morgan fingerprint density at radius 3 is 2.62 bits per heavy atom. The molecule has 164 valence electrons. The van der Waals surface area contributed by atoms with Crippen molar-refractivity contribution in [2.75, 3.05) is 11.4 Å². The molecular formula is C20H18F3N9. The van der Waals surface area contributed by atoms with Crippen molar-refractivity contribution in [3.8, 4) is 23.0 Å². The lowest BCUT2D eigenvalue weighted by molar-refractivity contribution is -0.132. The van der Waals surface area contributed by atoms with Crippen LogP contribution in [0.5, 0.6) is 0 Å². The van der Waals surface area contributed by atoms with Crippen molar-refractivity contribution in [3.63, 3.8) is 0 Å². The molecule has 12 heteroatoms. The van der Waals surface area contributed by atoms with Gasteiger partial charge in [-0.2, -0.15) is 18.2 Å². The third-order valence-corrected chi connectivity index (χ3v) is 5.33. The highest BCUT2D eigenvalue weighted by molar-refractivity contribution is 5.63. The fraction of sp³-hybridized carbons (Fsp3) is 0.300. The zero-order valence-electron chi connectivity index (χ0n) is 17.0. The summed E-state index contributed by atoms with van der Waals surface area (Å²) >= 11 is 0. The van der Waals surface area contributed by atoms with Gasteiger partial charge in [0.1, 0.15) is 17.8 Å². The lowest BCUT2D eigenvalue weighted by Crippen LogP contribution is -2.38. The Labute approximate surface area is 180 Å². The second-order valence-corrected chi connectivity index (χ2v) is 7.28. The van der Waals surface area contributed by atoms with Gasteiger partial charge in [-0.25, -0.2) is 9.97 Å². The highest BCUT2D eigenvalue weighted by atomic mass is 19.4. The number of rotatable bonds is 5. The summed E-state index contributed by atoms with van der Waals surface area (Å²) in [4.78, 5) is 19.2. The minimum atomic E-state index is -4.29. The molecular weight excluding hydrogens is 423 g/mol. The molecule has 0 amide bonds. The summed E-state index contributed by atoms with van der Waals surface area (Å²) in [5, 5.41) is 8.10. The van der Waals surface area contributed by atoms with E-state index in [1.807, 2.05) is 19.1 Å². The predicted molar refractivity (Wildman–Crippen MR) is 108 cm³/mol. The Hall–Kier alpha value is -3.83. The van der Waals surface area contributed by atoms with Gasteiger partial charge in [0.2, 0.25) is 5.95 Å². The van der Waals surface area contributed by atoms with Gasteiger partial charge in [-0.1, -0.05) is 6.92 Å². The van der Waals surface area contributed by atoms with Gasteiger partial charge in [0.25, 0.3) is 0 Å². The number of pyridine rings is 1. The first-order valence-corrected chi connectivity index (χ1v) is 10.0. The number of aromatic nitrogens is 8. The Bertz CT molecular complexity index is 1230. The Balaban J connectivity index is 1.62. The molecule has 0 saturated carbocycles. The van der Waals surface area contributed by atoms with Crippen LogP contribution in [0.1, 0.15) is 31.6 Å². The van der Waals surface area contributed by atoms with Crippen molar-refractivity contribution in [1.29, 1.82) is 0 Å². The van der Waals surface area contributed by atoms with Crippen LogP contribution in [0.25, 0.3) is 23.0 Å². The highest BCUT2D eigenvalue weighted by Gasteiger charge is 2.36. The van der Waals surface area contributed by atoms with Gasteiger partial charge < -0.3 is 4.90 Å². The first kappa shape index (κ1) is 20.1. The number of nitrogens with zero attached hydrogens (tertiary/aromatic N) is 9. The van der Waals surface area contributed by atoms with Gasteiger partial charge in [-0.15, -0.1) is 10.2 Å². The third kappa shape index (κ3) is 3.47. The summed E-state index contributed by atoms with van der Waals surface area (Å²) in [6.07, 6.45) is 5.02. The van der Waals surface area contributed by atoms with Crippen molar-refractivity contribution in [2.45, 2.75) is 32.0 Å². The molecule has 9 nitrogen and oxygen atoms in total. The van der Waals surface area contributed by atoms with E-state index in [1.165, 1.54) is 6.33 Å². The van der Waals surface area contributed by atoms with E-state index in [9.17, 15) is 13.2 Å². The molecule has 0 N–H and O–H groups in total. The van der Waals surface area contributed by atoms with Crippen molar-refractivity contribution in [2.24, 2.45) is 0 Å². The molecule has 0 aliphatic carbocycles.